The second-order valence-corrected chi connectivity index (χ2v) is 11.8. The summed E-state index contributed by atoms with van der Waals surface area (Å²) >= 11 is 0. The van der Waals surface area contributed by atoms with Crippen LogP contribution in [0, 0.1) is 36.5 Å². The second-order valence-electron chi connectivity index (χ2n) is 10.0. The molecule has 29 heavy (non-hydrogen) atoms. The van der Waals surface area contributed by atoms with Crippen LogP contribution in [0.1, 0.15) is 51.7 Å². The zero-order chi connectivity index (χ0) is 21.2. The Labute approximate surface area is 176 Å². The molecule has 4 rings (SSSR count). The van der Waals surface area contributed by atoms with Crippen LogP contribution in [0.2, 0.25) is 0 Å². The van der Waals surface area contributed by atoms with Crippen LogP contribution in [0.5, 0.6) is 0 Å². The van der Waals surface area contributed by atoms with Crippen LogP contribution >= 0.6 is 0 Å². The molecular formula is C25H33NO2S. The van der Waals surface area contributed by atoms with Crippen molar-refractivity contribution in [2.24, 2.45) is 22.7 Å². The zero-order valence-corrected chi connectivity index (χ0v) is 19.3. The van der Waals surface area contributed by atoms with E-state index in [0.717, 1.165) is 23.2 Å². The molecule has 2 aliphatic carbocycles. The van der Waals surface area contributed by atoms with E-state index >= 15 is 0 Å². The maximum Gasteiger partial charge on any atom is 0.264 e. The van der Waals surface area contributed by atoms with Gasteiger partial charge in [0.2, 0.25) is 0 Å². The fourth-order valence-corrected chi connectivity index (χ4v) is 8.08. The summed E-state index contributed by atoms with van der Waals surface area (Å²) in [6, 6.07) is 15.0. The maximum atomic E-state index is 14.0. The number of hydrogen-bond donors (Lipinski definition) is 0. The van der Waals surface area contributed by atoms with Gasteiger partial charge in [-0.1, -0.05) is 52.0 Å². The van der Waals surface area contributed by atoms with Gasteiger partial charge in [-0.05, 0) is 84.7 Å². The van der Waals surface area contributed by atoms with Crippen LogP contribution in [0.15, 0.2) is 53.4 Å². The Kier molecular flexibility index (Phi) is 4.65. The maximum absolute atomic E-state index is 14.0. The van der Waals surface area contributed by atoms with Gasteiger partial charge in [0.1, 0.15) is 0 Å². The highest BCUT2D eigenvalue weighted by Crippen LogP contribution is 2.69. The van der Waals surface area contributed by atoms with Crippen molar-refractivity contribution in [2.45, 2.75) is 65.3 Å². The topological polar surface area (TPSA) is 37.4 Å². The summed E-state index contributed by atoms with van der Waals surface area (Å²) in [5.74, 6) is 0.636. The number of anilines is 1. The molecule has 2 aromatic rings. The van der Waals surface area contributed by atoms with Gasteiger partial charge in [0.15, 0.2) is 0 Å². The van der Waals surface area contributed by atoms with E-state index < -0.39 is 10.0 Å². The van der Waals surface area contributed by atoms with E-state index in [4.69, 9.17) is 0 Å². The fraction of sp³-hybridized carbons (Fsp3) is 0.520. The van der Waals surface area contributed by atoms with Crippen LogP contribution in [-0.4, -0.2) is 14.5 Å². The molecule has 4 atom stereocenters. The van der Waals surface area contributed by atoms with E-state index in [1.54, 1.807) is 16.4 Å². The zero-order valence-electron chi connectivity index (χ0n) is 18.4. The molecule has 0 saturated heterocycles. The third-order valence-corrected chi connectivity index (χ3v) is 10.2. The highest BCUT2D eigenvalue weighted by molar-refractivity contribution is 7.92. The van der Waals surface area contributed by atoms with Gasteiger partial charge < -0.3 is 0 Å². The van der Waals surface area contributed by atoms with Gasteiger partial charge in [0.25, 0.3) is 10.0 Å². The molecule has 4 heteroatoms. The Morgan fingerprint density at radius 1 is 0.966 bits per heavy atom. The summed E-state index contributed by atoms with van der Waals surface area (Å²) in [5, 5.41) is 0. The van der Waals surface area contributed by atoms with Gasteiger partial charge in [-0.25, -0.2) is 8.42 Å². The SMILES string of the molecule is Cc1cc(C)cc(N(C2C3CCC(C)(C2C)C3(C)C)S(=O)(=O)c2ccccc2)c1. The summed E-state index contributed by atoms with van der Waals surface area (Å²) in [5.41, 5.74) is 3.24. The van der Waals surface area contributed by atoms with Crippen molar-refractivity contribution in [2.75, 3.05) is 4.31 Å². The molecule has 2 fully saturated rings. The third-order valence-electron chi connectivity index (χ3n) is 8.33. The highest BCUT2D eigenvalue weighted by atomic mass is 32.2. The molecule has 0 heterocycles. The first kappa shape index (κ1) is 20.5. The van der Waals surface area contributed by atoms with Crippen molar-refractivity contribution in [3.63, 3.8) is 0 Å². The Morgan fingerprint density at radius 2 is 1.55 bits per heavy atom. The van der Waals surface area contributed by atoms with Crippen molar-refractivity contribution in [1.29, 1.82) is 0 Å². The third kappa shape index (κ3) is 2.86. The van der Waals surface area contributed by atoms with Crippen molar-refractivity contribution in [3.8, 4) is 0 Å². The van der Waals surface area contributed by atoms with Gasteiger partial charge in [-0.3, -0.25) is 4.31 Å². The van der Waals surface area contributed by atoms with E-state index in [1.807, 2.05) is 44.2 Å². The number of rotatable bonds is 4. The predicted molar refractivity (Wildman–Crippen MR) is 120 cm³/mol. The predicted octanol–water partition coefficient (Wildman–Crippen LogP) is 5.96. The van der Waals surface area contributed by atoms with Gasteiger partial charge in [-0.15, -0.1) is 0 Å². The van der Waals surface area contributed by atoms with E-state index in [1.165, 1.54) is 6.42 Å². The lowest BCUT2D eigenvalue weighted by atomic mass is 9.67. The van der Waals surface area contributed by atoms with Crippen LogP contribution in [0.25, 0.3) is 0 Å². The molecule has 2 bridgehead atoms. The lowest BCUT2D eigenvalue weighted by molar-refractivity contribution is 0.110. The minimum absolute atomic E-state index is 0.0323. The van der Waals surface area contributed by atoms with Gasteiger partial charge in [0, 0.05) is 0 Å². The fourth-order valence-electron chi connectivity index (χ4n) is 6.32. The number of hydrogen-bond acceptors (Lipinski definition) is 2. The summed E-state index contributed by atoms with van der Waals surface area (Å²) < 4.78 is 29.8. The molecule has 0 aliphatic heterocycles. The Hall–Kier alpha value is -1.81. The van der Waals surface area contributed by atoms with E-state index in [9.17, 15) is 8.42 Å². The van der Waals surface area contributed by atoms with E-state index in [0.29, 0.717) is 10.8 Å². The molecular weight excluding hydrogens is 378 g/mol. The lowest BCUT2D eigenvalue weighted by Crippen LogP contribution is -2.48. The average Bonchev–Trinajstić information content (AvgIpc) is 2.95. The second kappa shape index (κ2) is 6.60. The summed E-state index contributed by atoms with van der Waals surface area (Å²) in [7, 11) is -3.67. The number of nitrogens with zero attached hydrogens (tertiary/aromatic N) is 1. The van der Waals surface area contributed by atoms with Crippen molar-refractivity contribution < 1.29 is 8.42 Å². The van der Waals surface area contributed by atoms with Crippen LogP contribution in [0.3, 0.4) is 0 Å². The summed E-state index contributed by atoms with van der Waals surface area (Å²) in [6.45, 7) is 13.4. The molecule has 156 valence electrons. The van der Waals surface area contributed by atoms with Gasteiger partial charge >= 0.3 is 0 Å². The quantitative estimate of drug-likeness (QED) is 0.622. The normalized spacial score (nSPS) is 30.5. The Morgan fingerprint density at radius 3 is 2.07 bits per heavy atom. The molecule has 4 unspecified atom stereocenters. The largest absolute Gasteiger partial charge is 0.264 e. The monoisotopic (exact) mass is 411 g/mol. The van der Waals surface area contributed by atoms with Crippen LogP contribution < -0.4 is 4.31 Å². The standard InChI is InChI=1S/C25H33NO2S/c1-17-14-18(2)16-20(15-17)26(29(27,28)21-10-8-7-9-11-21)23-19(3)25(6)13-12-22(23)24(25,4)5/h7-11,14-16,19,22-23H,12-13H2,1-6H3. The van der Waals surface area contributed by atoms with Crippen LogP contribution in [-0.2, 0) is 10.0 Å². The molecule has 2 aliphatic rings. The first-order chi connectivity index (χ1) is 13.5. The molecule has 0 spiro atoms. The number of sulfonamides is 1. The van der Waals surface area contributed by atoms with E-state index in [-0.39, 0.29) is 22.8 Å². The van der Waals surface area contributed by atoms with Gasteiger partial charge in [0.05, 0.1) is 16.6 Å². The summed E-state index contributed by atoms with van der Waals surface area (Å²) in [6.07, 6.45) is 2.26. The molecule has 3 nitrogen and oxygen atoms in total. The number of fused-ring (bicyclic) bond motifs is 2. The van der Waals surface area contributed by atoms with Crippen LogP contribution in [0.4, 0.5) is 5.69 Å². The molecule has 0 radical (unpaired) electrons. The van der Waals surface area contributed by atoms with Crippen molar-refractivity contribution in [1.82, 2.24) is 0 Å². The van der Waals surface area contributed by atoms with E-state index in [2.05, 4.69) is 33.8 Å². The number of benzene rings is 2. The Balaban J connectivity index is 1.93. The van der Waals surface area contributed by atoms with Crippen molar-refractivity contribution in [3.05, 3.63) is 59.7 Å². The molecule has 2 aromatic carbocycles. The number of aryl methyl sites for hydroxylation is 2. The Bertz CT molecular complexity index is 1010. The first-order valence-corrected chi connectivity index (χ1v) is 12.1. The molecule has 0 amide bonds. The minimum atomic E-state index is -3.67. The highest BCUT2D eigenvalue weighted by Gasteiger charge is 2.66. The summed E-state index contributed by atoms with van der Waals surface area (Å²) in [4.78, 5) is 0.372. The minimum Gasteiger partial charge on any atom is -0.263 e. The van der Waals surface area contributed by atoms with Gasteiger partial charge in [-0.2, -0.15) is 0 Å². The molecule has 0 N–H and O–H groups in total. The lowest BCUT2D eigenvalue weighted by Gasteiger charge is -2.42. The van der Waals surface area contributed by atoms with Crippen molar-refractivity contribution >= 4 is 15.7 Å². The molecule has 0 aromatic heterocycles. The average molecular weight is 412 g/mol. The molecule has 2 saturated carbocycles. The first-order valence-electron chi connectivity index (χ1n) is 10.7. The smallest absolute Gasteiger partial charge is 0.263 e.